The predicted octanol–water partition coefficient (Wildman–Crippen LogP) is 3.57. The molecular weight excluding hydrogens is 380 g/mol. The van der Waals surface area contributed by atoms with E-state index in [2.05, 4.69) is 20.9 Å². The van der Waals surface area contributed by atoms with Crippen molar-refractivity contribution in [3.63, 3.8) is 0 Å². The summed E-state index contributed by atoms with van der Waals surface area (Å²) in [7, 11) is 0. The Hall–Kier alpha value is -1.73. The number of nitrogens with zero attached hydrogens (tertiary/aromatic N) is 3. The molecule has 1 saturated heterocycles. The van der Waals surface area contributed by atoms with Gasteiger partial charge in [-0.25, -0.2) is 4.98 Å². The number of aryl methyl sites for hydroxylation is 2. The average molecular weight is 403 g/mol. The molecule has 4 rings (SSSR count). The summed E-state index contributed by atoms with van der Waals surface area (Å²) in [4.78, 5) is 26.9. The lowest BCUT2D eigenvalue weighted by atomic mass is 10.2. The van der Waals surface area contributed by atoms with Gasteiger partial charge in [-0.05, 0) is 31.0 Å². The molecule has 27 heavy (non-hydrogen) atoms. The Morgan fingerprint density at radius 3 is 2.48 bits per heavy atom. The van der Waals surface area contributed by atoms with Gasteiger partial charge in [0, 0.05) is 42.6 Å². The Morgan fingerprint density at radius 1 is 1.11 bits per heavy atom. The van der Waals surface area contributed by atoms with E-state index in [0.717, 1.165) is 64.2 Å². The number of halogens is 1. The smallest absolute Gasteiger partial charge is 0.259 e. The van der Waals surface area contributed by atoms with Gasteiger partial charge in [0.25, 0.3) is 5.56 Å². The van der Waals surface area contributed by atoms with Crippen molar-refractivity contribution in [1.82, 2.24) is 19.8 Å². The van der Waals surface area contributed by atoms with Crippen LogP contribution in [-0.4, -0.2) is 45.9 Å². The van der Waals surface area contributed by atoms with Crippen LogP contribution in [0.3, 0.4) is 0 Å². The van der Waals surface area contributed by atoms with Crippen LogP contribution in [0.15, 0.2) is 29.1 Å². The number of H-pyrrole nitrogens is 1. The molecule has 0 unspecified atom stereocenters. The zero-order valence-electron chi connectivity index (χ0n) is 15.6. The molecule has 0 aliphatic carbocycles. The van der Waals surface area contributed by atoms with E-state index >= 15 is 0 Å². The Morgan fingerprint density at radius 2 is 1.78 bits per heavy atom. The number of rotatable bonds is 4. The lowest BCUT2D eigenvalue weighted by Gasteiger charge is -2.34. The number of hydrogen-bond donors (Lipinski definition) is 1. The minimum absolute atomic E-state index is 0.0193. The molecule has 0 radical (unpaired) electrons. The van der Waals surface area contributed by atoms with Crippen LogP contribution in [0, 0.1) is 13.8 Å². The van der Waals surface area contributed by atoms with Gasteiger partial charge in [-0.3, -0.25) is 14.6 Å². The number of benzene rings is 1. The molecule has 3 aromatic rings. The number of hydrogen-bond acceptors (Lipinski definition) is 5. The standard InChI is InChI=1S/C20H23ClN4OS/c1-13-14(2)27-20-18(13)19(26)22-17(23-20)12-25-9-7-24(8-10-25)11-15-5-3-4-6-16(15)21/h3-6H,7-12H2,1-2H3,(H,22,23,26). The normalized spacial score (nSPS) is 16.3. The van der Waals surface area contributed by atoms with Crippen LogP contribution in [0.4, 0.5) is 0 Å². The van der Waals surface area contributed by atoms with Gasteiger partial charge in [-0.2, -0.15) is 0 Å². The van der Waals surface area contributed by atoms with Crippen molar-refractivity contribution in [2.24, 2.45) is 0 Å². The maximum atomic E-state index is 12.4. The van der Waals surface area contributed by atoms with Crippen LogP contribution >= 0.6 is 22.9 Å². The van der Waals surface area contributed by atoms with E-state index in [1.807, 2.05) is 32.0 Å². The summed E-state index contributed by atoms with van der Waals surface area (Å²) in [6, 6.07) is 8.03. The van der Waals surface area contributed by atoms with E-state index in [-0.39, 0.29) is 5.56 Å². The Bertz CT molecular complexity index is 1020. The largest absolute Gasteiger partial charge is 0.309 e. The molecule has 0 amide bonds. The molecule has 1 N–H and O–H groups in total. The highest BCUT2D eigenvalue weighted by molar-refractivity contribution is 7.18. The minimum Gasteiger partial charge on any atom is -0.309 e. The summed E-state index contributed by atoms with van der Waals surface area (Å²) >= 11 is 7.88. The van der Waals surface area contributed by atoms with Gasteiger partial charge in [0.15, 0.2) is 0 Å². The summed E-state index contributed by atoms with van der Waals surface area (Å²) in [6.07, 6.45) is 0. The first-order valence-electron chi connectivity index (χ1n) is 9.18. The molecule has 7 heteroatoms. The minimum atomic E-state index is -0.0193. The third kappa shape index (κ3) is 3.94. The van der Waals surface area contributed by atoms with E-state index < -0.39 is 0 Å². The summed E-state index contributed by atoms with van der Waals surface area (Å²) in [5.74, 6) is 0.758. The highest BCUT2D eigenvalue weighted by atomic mass is 35.5. The second-order valence-corrected chi connectivity index (χ2v) is 8.73. The molecule has 0 bridgehead atoms. The highest BCUT2D eigenvalue weighted by Gasteiger charge is 2.19. The van der Waals surface area contributed by atoms with Crippen LogP contribution in [-0.2, 0) is 13.1 Å². The van der Waals surface area contributed by atoms with Crippen molar-refractivity contribution in [3.8, 4) is 0 Å². The van der Waals surface area contributed by atoms with Gasteiger partial charge in [0.05, 0.1) is 11.9 Å². The van der Waals surface area contributed by atoms with Gasteiger partial charge in [0.2, 0.25) is 0 Å². The van der Waals surface area contributed by atoms with E-state index in [4.69, 9.17) is 16.6 Å². The number of aromatic amines is 1. The van der Waals surface area contributed by atoms with Crippen molar-refractivity contribution in [2.75, 3.05) is 26.2 Å². The second kappa shape index (κ2) is 7.72. The summed E-state index contributed by atoms with van der Waals surface area (Å²) in [5, 5.41) is 1.57. The molecule has 1 fully saturated rings. The predicted molar refractivity (Wildman–Crippen MR) is 112 cm³/mol. The lowest BCUT2D eigenvalue weighted by Crippen LogP contribution is -2.45. The fraction of sp³-hybridized carbons (Fsp3) is 0.400. The highest BCUT2D eigenvalue weighted by Crippen LogP contribution is 2.26. The molecule has 2 aromatic heterocycles. The van der Waals surface area contributed by atoms with Crippen LogP contribution < -0.4 is 5.56 Å². The van der Waals surface area contributed by atoms with Crippen LogP contribution in [0.5, 0.6) is 0 Å². The number of fused-ring (bicyclic) bond motifs is 1. The molecule has 1 aliphatic heterocycles. The molecule has 142 valence electrons. The van der Waals surface area contributed by atoms with Crippen LogP contribution in [0.1, 0.15) is 21.8 Å². The number of aromatic nitrogens is 2. The van der Waals surface area contributed by atoms with Crippen molar-refractivity contribution < 1.29 is 0 Å². The zero-order valence-corrected chi connectivity index (χ0v) is 17.2. The van der Waals surface area contributed by atoms with Crippen molar-refractivity contribution in [3.05, 3.63) is 61.5 Å². The first-order chi connectivity index (χ1) is 13.0. The van der Waals surface area contributed by atoms with E-state index in [9.17, 15) is 4.79 Å². The number of piperazine rings is 1. The van der Waals surface area contributed by atoms with Crippen molar-refractivity contribution >= 4 is 33.2 Å². The Labute approximate surface area is 167 Å². The molecule has 1 aromatic carbocycles. The third-order valence-electron chi connectivity index (χ3n) is 5.28. The Kier molecular flexibility index (Phi) is 5.32. The molecule has 1 aliphatic rings. The van der Waals surface area contributed by atoms with Gasteiger partial charge in [-0.1, -0.05) is 29.8 Å². The maximum Gasteiger partial charge on any atom is 0.259 e. The molecule has 0 atom stereocenters. The van der Waals surface area contributed by atoms with Crippen LogP contribution in [0.2, 0.25) is 5.02 Å². The van der Waals surface area contributed by atoms with Crippen molar-refractivity contribution in [1.29, 1.82) is 0 Å². The van der Waals surface area contributed by atoms with E-state index in [1.54, 1.807) is 11.3 Å². The third-order valence-corrected chi connectivity index (χ3v) is 6.75. The lowest BCUT2D eigenvalue weighted by molar-refractivity contribution is 0.120. The monoisotopic (exact) mass is 402 g/mol. The summed E-state index contributed by atoms with van der Waals surface area (Å²) < 4.78 is 0. The SMILES string of the molecule is Cc1sc2nc(CN3CCN(Cc4ccccc4Cl)CC3)[nH]c(=O)c2c1C. The maximum absolute atomic E-state index is 12.4. The van der Waals surface area contributed by atoms with E-state index in [0.29, 0.717) is 6.54 Å². The van der Waals surface area contributed by atoms with Gasteiger partial charge in [-0.15, -0.1) is 11.3 Å². The molecule has 0 saturated carbocycles. The first-order valence-corrected chi connectivity index (χ1v) is 10.4. The first kappa shape index (κ1) is 18.6. The number of nitrogens with one attached hydrogen (secondary N) is 1. The fourth-order valence-corrected chi connectivity index (χ4v) is 4.80. The molecular formula is C20H23ClN4OS. The van der Waals surface area contributed by atoms with Gasteiger partial charge >= 0.3 is 0 Å². The molecule has 0 spiro atoms. The summed E-state index contributed by atoms with van der Waals surface area (Å²) in [6.45, 7) is 9.46. The second-order valence-electron chi connectivity index (χ2n) is 7.12. The molecule has 5 nitrogen and oxygen atoms in total. The fourth-order valence-electron chi connectivity index (χ4n) is 3.56. The Balaban J connectivity index is 1.40. The molecule has 3 heterocycles. The van der Waals surface area contributed by atoms with Gasteiger partial charge < -0.3 is 4.98 Å². The average Bonchev–Trinajstić information content (AvgIpc) is 2.93. The van der Waals surface area contributed by atoms with Crippen molar-refractivity contribution in [2.45, 2.75) is 26.9 Å². The van der Waals surface area contributed by atoms with Crippen LogP contribution in [0.25, 0.3) is 10.2 Å². The van der Waals surface area contributed by atoms with Gasteiger partial charge in [0.1, 0.15) is 10.7 Å². The number of thiophene rings is 1. The van der Waals surface area contributed by atoms with E-state index in [1.165, 1.54) is 5.56 Å². The zero-order chi connectivity index (χ0) is 19.0. The summed E-state index contributed by atoms with van der Waals surface area (Å²) in [5.41, 5.74) is 2.20. The quantitative estimate of drug-likeness (QED) is 0.724. The topological polar surface area (TPSA) is 52.2 Å².